The average Bonchev–Trinajstić information content (AvgIpc) is 2.94. The van der Waals surface area contributed by atoms with Gasteiger partial charge in [0, 0.05) is 11.1 Å². The van der Waals surface area contributed by atoms with Crippen LogP contribution in [0.2, 0.25) is 0 Å². The van der Waals surface area contributed by atoms with Crippen molar-refractivity contribution in [1.82, 2.24) is 0 Å². The maximum atomic E-state index is 5.64. The van der Waals surface area contributed by atoms with Gasteiger partial charge < -0.3 is 4.90 Å². The van der Waals surface area contributed by atoms with Gasteiger partial charge in [-0.05, 0) is 25.0 Å². The monoisotopic (exact) mass is 375 g/mol. The molecule has 3 heteroatoms. The van der Waals surface area contributed by atoms with Crippen molar-refractivity contribution in [2.75, 3.05) is 4.90 Å². The normalized spacial score (nSPS) is 19.8. The predicted molar refractivity (Wildman–Crippen MR) is 119 cm³/mol. The Morgan fingerprint density at radius 3 is 1.65 bits per heavy atom. The molecule has 1 aliphatic rings. The first-order valence-electron chi connectivity index (χ1n) is 8.89. The molecule has 0 spiro atoms. The van der Waals surface area contributed by atoms with Crippen LogP contribution in [0.3, 0.4) is 0 Å². The number of hydrogen-bond acceptors (Lipinski definition) is 3. The summed E-state index contributed by atoms with van der Waals surface area (Å²) in [5.41, 5.74) is 6.27. The van der Waals surface area contributed by atoms with Crippen molar-refractivity contribution in [3.05, 3.63) is 78.9 Å². The molecular formula is C23H21NS2. The average molecular weight is 376 g/mol. The van der Waals surface area contributed by atoms with Crippen LogP contribution in [0.15, 0.2) is 78.9 Å². The van der Waals surface area contributed by atoms with Gasteiger partial charge in [-0.1, -0.05) is 103 Å². The largest absolute Gasteiger partial charge is 0.350 e. The van der Waals surface area contributed by atoms with Crippen LogP contribution in [-0.2, 0) is 0 Å². The molecule has 0 saturated carbocycles. The number of para-hydroxylation sites is 1. The summed E-state index contributed by atoms with van der Waals surface area (Å²) in [5.74, 6) is 0. The van der Waals surface area contributed by atoms with Crippen molar-refractivity contribution in [2.45, 2.75) is 25.3 Å². The Morgan fingerprint density at radius 2 is 1.23 bits per heavy atom. The summed E-state index contributed by atoms with van der Waals surface area (Å²) >= 11 is 7.43. The molecule has 1 aliphatic heterocycles. The van der Waals surface area contributed by atoms with Crippen LogP contribution in [0.4, 0.5) is 5.69 Å². The van der Waals surface area contributed by atoms with Crippen molar-refractivity contribution in [2.24, 2.45) is 0 Å². The second-order valence-corrected chi connectivity index (χ2v) is 8.61. The second-order valence-electron chi connectivity index (χ2n) is 6.55. The summed E-state index contributed by atoms with van der Waals surface area (Å²) < 4.78 is 1.07. The van der Waals surface area contributed by atoms with Crippen LogP contribution < -0.4 is 4.90 Å². The lowest BCUT2D eigenvalue weighted by Gasteiger charge is -2.32. The van der Waals surface area contributed by atoms with E-state index >= 15 is 0 Å². The van der Waals surface area contributed by atoms with Crippen molar-refractivity contribution in [1.29, 1.82) is 0 Å². The molecule has 4 rings (SSSR count). The van der Waals surface area contributed by atoms with Gasteiger partial charge in [0.15, 0.2) is 0 Å². The Bertz CT molecular complexity index is 864. The zero-order chi connectivity index (χ0) is 18.1. The van der Waals surface area contributed by atoms with Gasteiger partial charge in [-0.2, -0.15) is 0 Å². The van der Waals surface area contributed by atoms with Crippen LogP contribution in [0.1, 0.15) is 13.8 Å². The quantitative estimate of drug-likeness (QED) is 0.473. The Kier molecular flexibility index (Phi) is 4.84. The molecule has 26 heavy (non-hydrogen) atoms. The van der Waals surface area contributed by atoms with E-state index in [9.17, 15) is 0 Å². The van der Waals surface area contributed by atoms with Crippen molar-refractivity contribution in [3.8, 4) is 22.3 Å². The number of thioether (sulfide) groups is 1. The number of hydrogen-bond donors (Lipinski definition) is 0. The number of anilines is 1. The highest BCUT2D eigenvalue weighted by atomic mass is 32.2. The summed E-state index contributed by atoms with van der Waals surface area (Å²) in [5, 5.41) is 0.324. The van der Waals surface area contributed by atoms with Crippen LogP contribution in [0.25, 0.3) is 22.3 Å². The molecule has 3 aromatic rings. The molecule has 0 radical (unpaired) electrons. The van der Waals surface area contributed by atoms with E-state index in [0.717, 1.165) is 4.20 Å². The molecular weight excluding hydrogens is 354 g/mol. The summed E-state index contributed by atoms with van der Waals surface area (Å²) in [4.78, 5) is 2.48. The van der Waals surface area contributed by atoms with Crippen LogP contribution >= 0.6 is 24.0 Å². The minimum atomic E-state index is 0.234. The van der Waals surface area contributed by atoms with E-state index in [1.165, 1.54) is 27.9 Å². The Labute approximate surface area is 165 Å². The van der Waals surface area contributed by atoms with Crippen molar-refractivity contribution in [3.63, 3.8) is 0 Å². The summed E-state index contributed by atoms with van der Waals surface area (Å²) in [6.07, 6.45) is 0. The molecule has 0 amide bonds. The second kappa shape index (κ2) is 7.26. The van der Waals surface area contributed by atoms with Gasteiger partial charge in [0.1, 0.15) is 0 Å². The van der Waals surface area contributed by atoms with E-state index in [2.05, 4.69) is 97.6 Å². The van der Waals surface area contributed by atoms with Gasteiger partial charge in [-0.3, -0.25) is 0 Å². The molecule has 0 aromatic heterocycles. The fourth-order valence-corrected chi connectivity index (χ4v) is 5.23. The van der Waals surface area contributed by atoms with E-state index in [1.54, 1.807) is 11.8 Å². The van der Waals surface area contributed by atoms with Crippen LogP contribution in [-0.4, -0.2) is 15.6 Å². The zero-order valence-electron chi connectivity index (χ0n) is 14.9. The number of benzene rings is 3. The fraction of sp³-hybridized carbons (Fsp3) is 0.174. The first-order chi connectivity index (χ1) is 12.7. The van der Waals surface area contributed by atoms with E-state index in [4.69, 9.17) is 12.2 Å². The first kappa shape index (κ1) is 17.3. The molecule has 3 aromatic carbocycles. The molecule has 2 atom stereocenters. The molecule has 0 bridgehead atoms. The van der Waals surface area contributed by atoms with Gasteiger partial charge in [0.05, 0.1) is 21.3 Å². The Morgan fingerprint density at radius 1 is 0.731 bits per heavy atom. The molecule has 1 heterocycles. The SMILES string of the molecule is CC1SC(=S)C(C)N1c1c(-c2ccccc2)cccc1-c1ccccc1. The predicted octanol–water partition coefficient (Wildman–Crippen LogP) is 6.64. The number of rotatable bonds is 3. The van der Waals surface area contributed by atoms with E-state index in [0.29, 0.717) is 5.37 Å². The lowest BCUT2D eigenvalue weighted by atomic mass is 9.94. The molecule has 0 N–H and O–H groups in total. The van der Waals surface area contributed by atoms with Gasteiger partial charge in [-0.15, -0.1) is 0 Å². The highest BCUT2D eigenvalue weighted by Crippen LogP contribution is 2.45. The van der Waals surface area contributed by atoms with Gasteiger partial charge in [0.2, 0.25) is 0 Å². The standard InChI is InChI=1S/C23H21NS2/c1-16-23(25)26-17(2)24(16)22-20(18-10-5-3-6-11-18)14-9-15-21(22)19-12-7-4-8-13-19/h3-17H,1-2H3. The highest BCUT2D eigenvalue weighted by molar-refractivity contribution is 8.24. The Balaban J connectivity index is 1.98. The summed E-state index contributed by atoms with van der Waals surface area (Å²) in [7, 11) is 0. The van der Waals surface area contributed by atoms with E-state index in [-0.39, 0.29) is 6.04 Å². The minimum Gasteiger partial charge on any atom is -0.350 e. The number of nitrogens with zero attached hydrogens (tertiary/aromatic N) is 1. The summed E-state index contributed by atoms with van der Waals surface area (Å²) in [6.45, 7) is 4.46. The maximum Gasteiger partial charge on any atom is 0.0781 e. The molecule has 0 aliphatic carbocycles. The van der Waals surface area contributed by atoms with Gasteiger partial charge >= 0.3 is 0 Å². The smallest absolute Gasteiger partial charge is 0.0781 e. The third kappa shape index (κ3) is 3.06. The van der Waals surface area contributed by atoms with Crippen LogP contribution in [0.5, 0.6) is 0 Å². The fourth-order valence-electron chi connectivity index (χ4n) is 3.65. The maximum absolute atomic E-state index is 5.64. The molecule has 1 nitrogen and oxygen atoms in total. The minimum absolute atomic E-state index is 0.234. The van der Waals surface area contributed by atoms with Crippen molar-refractivity contribution >= 4 is 33.9 Å². The van der Waals surface area contributed by atoms with Crippen LogP contribution in [0, 0.1) is 0 Å². The van der Waals surface area contributed by atoms with Crippen molar-refractivity contribution < 1.29 is 0 Å². The van der Waals surface area contributed by atoms with Gasteiger partial charge in [0.25, 0.3) is 0 Å². The molecule has 1 fully saturated rings. The molecule has 1 saturated heterocycles. The topological polar surface area (TPSA) is 3.24 Å². The highest BCUT2D eigenvalue weighted by Gasteiger charge is 2.35. The Hall–Kier alpha value is -2.10. The van der Waals surface area contributed by atoms with E-state index in [1.807, 2.05) is 0 Å². The lowest BCUT2D eigenvalue weighted by molar-refractivity contribution is 0.785. The summed E-state index contributed by atoms with van der Waals surface area (Å²) in [6, 6.07) is 28.1. The number of thiocarbonyl (C=S) groups is 1. The third-order valence-corrected chi connectivity index (χ3v) is 6.67. The molecule has 2 unspecified atom stereocenters. The van der Waals surface area contributed by atoms with Gasteiger partial charge in [-0.25, -0.2) is 0 Å². The third-order valence-electron chi connectivity index (χ3n) is 4.90. The zero-order valence-corrected chi connectivity index (χ0v) is 16.6. The first-order valence-corrected chi connectivity index (χ1v) is 10.2. The lowest BCUT2D eigenvalue weighted by Crippen LogP contribution is -2.34. The van der Waals surface area contributed by atoms with E-state index < -0.39 is 0 Å². The molecule has 130 valence electrons.